The lowest BCUT2D eigenvalue weighted by molar-refractivity contribution is -0.139. The van der Waals surface area contributed by atoms with Crippen LogP contribution in [0.3, 0.4) is 0 Å². The molecule has 0 radical (unpaired) electrons. The van der Waals surface area contributed by atoms with Gasteiger partial charge < -0.3 is 10.4 Å². The summed E-state index contributed by atoms with van der Waals surface area (Å²) in [6, 6.07) is 0. The summed E-state index contributed by atoms with van der Waals surface area (Å²) in [4.78, 5) is 22.5. The average molecular weight is 227 g/mol. The first-order chi connectivity index (χ1) is 7.41. The molecule has 0 saturated heterocycles. The fourth-order valence-electron chi connectivity index (χ4n) is 2.22. The number of amides is 1. The summed E-state index contributed by atoms with van der Waals surface area (Å²) < 4.78 is 0. The van der Waals surface area contributed by atoms with Gasteiger partial charge in [0.25, 0.3) is 0 Å². The molecule has 0 spiro atoms. The fraction of sp³-hybridized carbons (Fsp3) is 0.833. The van der Waals surface area contributed by atoms with Gasteiger partial charge in [-0.2, -0.15) is 0 Å². The number of nitrogens with one attached hydrogen (secondary N) is 1. The van der Waals surface area contributed by atoms with Gasteiger partial charge in [0.05, 0.1) is 6.42 Å². The monoisotopic (exact) mass is 227 g/mol. The second kappa shape index (κ2) is 5.32. The minimum Gasteiger partial charge on any atom is -0.481 e. The molecule has 0 unspecified atom stereocenters. The fourth-order valence-corrected chi connectivity index (χ4v) is 2.22. The van der Waals surface area contributed by atoms with E-state index in [0.717, 1.165) is 25.7 Å². The number of aliphatic carboxylic acids is 1. The topological polar surface area (TPSA) is 66.4 Å². The molecule has 0 aliphatic heterocycles. The highest BCUT2D eigenvalue weighted by Crippen LogP contribution is 2.24. The summed E-state index contributed by atoms with van der Waals surface area (Å²) in [7, 11) is 0. The van der Waals surface area contributed by atoms with Gasteiger partial charge in [-0.15, -0.1) is 0 Å². The first-order valence-corrected chi connectivity index (χ1v) is 5.94. The number of carboxylic acids is 1. The molecule has 1 amide bonds. The van der Waals surface area contributed by atoms with Crippen molar-refractivity contribution in [3.05, 3.63) is 0 Å². The van der Waals surface area contributed by atoms with Crippen LogP contribution in [0.2, 0.25) is 0 Å². The SMILES string of the molecule is CC(C)(CC(=O)O)NC(=O)C1CCCCC1. The summed E-state index contributed by atoms with van der Waals surface area (Å²) in [5.41, 5.74) is -0.652. The first kappa shape index (κ1) is 13.0. The van der Waals surface area contributed by atoms with Crippen LogP contribution in [0.1, 0.15) is 52.4 Å². The van der Waals surface area contributed by atoms with Gasteiger partial charge in [-0.25, -0.2) is 0 Å². The zero-order valence-corrected chi connectivity index (χ0v) is 10.1. The quantitative estimate of drug-likeness (QED) is 0.771. The number of carbonyl (C=O) groups is 2. The maximum Gasteiger partial charge on any atom is 0.305 e. The van der Waals surface area contributed by atoms with E-state index in [1.165, 1.54) is 6.42 Å². The van der Waals surface area contributed by atoms with Gasteiger partial charge in [0.1, 0.15) is 0 Å². The van der Waals surface area contributed by atoms with Crippen LogP contribution in [0.4, 0.5) is 0 Å². The smallest absolute Gasteiger partial charge is 0.305 e. The van der Waals surface area contributed by atoms with Crippen LogP contribution in [0.15, 0.2) is 0 Å². The third-order valence-electron chi connectivity index (χ3n) is 3.03. The molecule has 0 aromatic carbocycles. The van der Waals surface area contributed by atoms with Gasteiger partial charge in [0.15, 0.2) is 0 Å². The molecule has 0 atom stereocenters. The maximum atomic E-state index is 11.9. The molecule has 1 rings (SSSR count). The normalized spacial score (nSPS) is 18.1. The van der Waals surface area contributed by atoms with Crippen molar-refractivity contribution in [1.82, 2.24) is 5.32 Å². The van der Waals surface area contributed by atoms with E-state index in [9.17, 15) is 9.59 Å². The third kappa shape index (κ3) is 4.21. The largest absolute Gasteiger partial charge is 0.481 e. The van der Waals surface area contributed by atoms with Crippen LogP contribution in [-0.2, 0) is 9.59 Å². The molecule has 1 aliphatic rings. The highest BCUT2D eigenvalue weighted by Gasteiger charge is 2.28. The van der Waals surface area contributed by atoms with Crippen molar-refractivity contribution in [3.63, 3.8) is 0 Å². The van der Waals surface area contributed by atoms with Crippen molar-refractivity contribution in [1.29, 1.82) is 0 Å². The van der Waals surface area contributed by atoms with Crippen LogP contribution in [0, 0.1) is 5.92 Å². The molecule has 1 aliphatic carbocycles. The zero-order chi connectivity index (χ0) is 12.2. The molecule has 0 heterocycles. The van der Waals surface area contributed by atoms with Gasteiger partial charge in [0.2, 0.25) is 5.91 Å². The molecule has 0 aromatic heterocycles. The van der Waals surface area contributed by atoms with E-state index in [-0.39, 0.29) is 18.2 Å². The standard InChI is InChI=1S/C12H21NO3/c1-12(2,8-10(14)15)13-11(16)9-6-4-3-5-7-9/h9H,3-8H2,1-2H3,(H,13,16)(H,14,15). The van der Waals surface area contributed by atoms with Crippen molar-refractivity contribution in [2.75, 3.05) is 0 Å². The Morgan fingerprint density at radius 3 is 2.31 bits per heavy atom. The highest BCUT2D eigenvalue weighted by atomic mass is 16.4. The molecular weight excluding hydrogens is 206 g/mol. The minimum absolute atomic E-state index is 0.0194. The lowest BCUT2D eigenvalue weighted by Crippen LogP contribution is -2.47. The van der Waals surface area contributed by atoms with Crippen LogP contribution >= 0.6 is 0 Å². The predicted molar refractivity (Wildman–Crippen MR) is 61.0 cm³/mol. The van der Waals surface area contributed by atoms with Crippen molar-refractivity contribution in [3.8, 4) is 0 Å². The van der Waals surface area contributed by atoms with Crippen LogP contribution in [-0.4, -0.2) is 22.5 Å². The Morgan fingerprint density at radius 1 is 1.25 bits per heavy atom. The van der Waals surface area contributed by atoms with E-state index in [1.54, 1.807) is 13.8 Å². The zero-order valence-electron chi connectivity index (χ0n) is 10.1. The Kier molecular flexibility index (Phi) is 4.33. The van der Waals surface area contributed by atoms with Gasteiger partial charge in [-0.3, -0.25) is 9.59 Å². The van der Waals surface area contributed by atoms with E-state index in [4.69, 9.17) is 5.11 Å². The molecule has 0 aromatic rings. The maximum absolute atomic E-state index is 11.9. The molecule has 0 bridgehead atoms. The summed E-state index contributed by atoms with van der Waals surface area (Å²) in [5.74, 6) is -0.776. The van der Waals surface area contributed by atoms with E-state index in [0.29, 0.717) is 0 Å². The van der Waals surface area contributed by atoms with Gasteiger partial charge in [-0.1, -0.05) is 19.3 Å². The Labute approximate surface area is 96.4 Å². The molecule has 92 valence electrons. The molecular formula is C12H21NO3. The lowest BCUT2D eigenvalue weighted by Gasteiger charge is -2.28. The summed E-state index contributed by atoms with van der Waals surface area (Å²) in [6.45, 7) is 3.50. The highest BCUT2D eigenvalue weighted by molar-refractivity contribution is 5.80. The Morgan fingerprint density at radius 2 is 1.81 bits per heavy atom. The Balaban J connectivity index is 2.45. The summed E-state index contributed by atoms with van der Waals surface area (Å²) in [5, 5.41) is 11.6. The number of carboxylic acid groups (broad SMARTS) is 1. The Bertz CT molecular complexity index is 267. The van der Waals surface area contributed by atoms with E-state index >= 15 is 0 Å². The van der Waals surface area contributed by atoms with Crippen molar-refractivity contribution in [2.24, 2.45) is 5.92 Å². The summed E-state index contributed by atoms with van der Waals surface area (Å²) >= 11 is 0. The number of carbonyl (C=O) groups excluding carboxylic acids is 1. The average Bonchev–Trinajstić information content (AvgIpc) is 2.16. The van der Waals surface area contributed by atoms with Crippen LogP contribution in [0.5, 0.6) is 0 Å². The minimum atomic E-state index is -0.881. The second-order valence-electron chi connectivity index (χ2n) is 5.28. The number of rotatable bonds is 4. The van der Waals surface area contributed by atoms with Gasteiger partial charge >= 0.3 is 5.97 Å². The molecule has 1 saturated carbocycles. The van der Waals surface area contributed by atoms with Crippen LogP contribution < -0.4 is 5.32 Å². The summed E-state index contributed by atoms with van der Waals surface area (Å²) in [6.07, 6.45) is 5.27. The van der Waals surface area contributed by atoms with E-state index < -0.39 is 11.5 Å². The third-order valence-corrected chi connectivity index (χ3v) is 3.03. The lowest BCUT2D eigenvalue weighted by atomic mass is 9.87. The predicted octanol–water partition coefficient (Wildman–Crippen LogP) is 1.94. The molecule has 16 heavy (non-hydrogen) atoms. The van der Waals surface area contributed by atoms with Gasteiger partial charge in [-0.05, 0) is 26.7 Å². The van der Waals surface area contributed by atoms with Crippen LogP contribution in [0.25, 0.3) is 0 Å². The van der Waals surface area contributed by atoms with Crippen molar-refractivity contribution in [2.45, 2.75) is 57.9 Å². The number of hydrogen-bond donors (Lipinski definition) is 2. The second-order valence-corrected chi connectivity index (χ2v) is 5.28. The van der Waals surface area contributed by atoms with E-state index in [2.05, 4.69) is 5.32 Å². The molecule has 4 nitrogen and oxygen atoms in total. The Hall–Kier alpha value is -1.06. The first-order valence-electron chi connectivity index (χ1n) is 5.94. The van der Waals surface area contributed by atoms with Crippen molar-refractivity contribution >= 4 is 11.9 Å². The van der Waals surface area contributed by atoms with Gasteiger partial charge in [0, 0.05) is 11.5 Å². The van der Waals surface area contributed by atoms with Crippen molar-refractivity contribution < 1.29 is 14.7 Å². The number of hydrogen-bond acceptors (Lipinski definition) is 2. The molecule has 1 fully saturated rings. The molecule has 2 N–H and O–H groups in total. The molecule has 4 heteroatoms. The van der Waals surface area contributed by atoms with E-state index in [1.807, 2.05) is 0 Å².